The molecule has 0 fully saturated rings. The van der Waals surface area contributed by atoms with Gasteiger partial charge in [0.1, 0.15) is 0 Å². The van der Waals surface area contributed by atoms with Crippen LogP contribution in [0.15, 0.2) is 59.7 Å². The van der Waals surface area contributed by atoms with Crippen molar-refractivity contribution < 1.29 is 4.79 Å². The third-order valence-electron chi connectivity index (χ3n) is 3.30. The summed E-state index contributed by atoms with van der Waals surface area (Å²) in [5.74, 6) is -0.258. The molecule has 0 radical (unpaired) electrons. The first kappa shape index (κ1) is 16.5. The van der Waals surface area contributed by atoms with Crippen LogP contribution < -0.4 is 10.3 Å². The van der Waals surface area contributed by atoms with Crippen LogP contribution >= 0.6 is 0 Å². The molecule has 2 aromatic rings. The second-order valence-electron chi connectivity index (χ2n) is 5.46. The van der Waals surface area contributed by atoms with Gasteiger partial charge in [0.2, 0.25) is 0 Å². The van der Waals surface area contributed by atoms with Crippen molar-refractivity contribution >= 4 is 23.9 Å². The molecule has 0 saturated heterocycles. The van der Waals surface area contributed by atoms with Crippen LogP contribution in [0.25, 0.3) is 6.08 Å². The smallest absolute Gasteiger partial charge is 0.264 e. The molecule has 0 aliphatic heterocycles. The van der Waals surface area contributed by atoms with Crippen LogP contribution in [0.3, 0.4) is 0 Å². The maximum Gasteiger partial charge on any atom is 0.264 e. The molecule has 0 aromatic heterocycles. The van der Waals surface area contributed by atoms with Gasteiger partial charge in [0.25, 0.3) is 5.91 Å². The monoisotopic (exact) mass is 307 g/mol. The molecule has 0 saturated carbocycles. The van der Waals surface area contributed by atoms with Gasteiger partial charge in [-0.3, -0.25) is 4.79 Å². The summed E-state index contributed by atoms with van der Waals surface area (Å²) in [6.45, 7) is 2.03. The van der Waals surface area contributed by atoms with Gasteiger partial charge in [-0.05, 0) is 36.3 Å². The standard InChI is InChI=1S/C19H21N3O/c1-15-4-6-16(7-5-15)10-13-19(23)21-20-14-17-8-11-18(12-9-17)22(2)3/h4-14H,1-3H3,(H,21,23)/b13-10+,20-14-. The van der Waals surface area contributed by atoms with E-state index >= 15 is 0 Å². The normalized spacial score (nSPS) is 11.1. The van der Waals surface area contributed by atoms with E-state index in [0.29, 0.717) is 0 Å². The number of hydrogen-bond acceptors (Lipinski definition) is 3. The first-order valence-electron chi connectivity index (χ1n) is 7.40. The van der Waals surface area contributed by atoms with Gasteiger partial charge >= 0.3 is 0 Å². The highest BCUT2D eigenvalue weighted by Gasteiger charge is 1.95. The zero-order valence-corrected chi connectivity index (χ0v) is 13.7. The largest absolute Gasteiger partial charge is 0.378 e. The van der Waals surface area contributed by atoms with Crippen molar-refractivity contribution in [1.82, 2.24) is 5.43 Å². The Bertz CT molecular complexity index is 698. The summed E-state index contributed by atoms with van der Waals surface area (Å²) in [5, 5.41) is 3.95. The third-order valence-corrected chi connectivity index (χ3v) is 3.30. The molecule has 2 aromatic carbocycles. The third kappa shape index (κ3) is 5.43. The molecule has 0 unspecified atom stereocenters. The maximum atomic E-state index is 11.7. The minimum absolute atomic E-state index is 0.258. The Hall–Kier alpha value is -2.88. The Morgan fingerprint density at radius 3 is 2.22 bits per heavy atom. The minimum Gasteiger partial charge on any atom is -0.378 e. The van der Waals surface area contributed by atoms with Gasteiger partial charge in [-0.15, -0.1) is 0 Å². The van der Waals surface area contributed by atoms with Crippen molar-refractivity contribution in [1.29, 1.82) is 0 Å². The van der Waals surface area contributed by atoms with E-state index in [1.807, 2.05) is 74.4 Å². The predicted molar refractivity (Wildman–Crippen MR) is 96.7 cm³/mol. The summed E-state index contributed by atoms with van der Waals surface area (Å²) in [6, 6.07) is 15.9. The Labute approximate surface area is 137 Å². The molecule has 4 heteroatoms. The number of nitrogens with zero attached hydrogens (tertiary/aromatic N) is 2. The number of carbonyl (C=O) groups excluding carboxylic acids is 1. The summed E-state index contributed by atoms with van der Waals surface area (Å²) >= 11 is 0. The Morgan fingerprint density at radius 2 is 1.61 bits per heavy atom. The van der Waals surface area contributed by atoms with Gasteiger partial charge in [0.15, 0.2) is 0 Å². The summed E-state index contributed by atoms with van der Waals surface area (Å²) in [7, 11) is 3.98. The fourth-order valence-electron chi connectivity index (χ4n) is 1.92. The molecule has 23 heavy (non-hydrogen) atoms. The van der Waals surface area contributed by atoms with Crippen LogP contribution in [0, 0.1) is 6.92 Å². The molecule has 1 N–H and O–H groups in total. The van der Waals surface area contributed by atoms with Gasteiger partial charge < -0.3 is 4.90 Å². The molecule has 0 aliphatic carbocycles. The summed E-state index contributed by atoms with van der Waals surface area (Å²) in [6.07, 6.45) is 4.85. The average molecular weight is 307 g/mol. The second-order valence-corrected chi connectivity index (χ2v) is 5.46. The van der Waals surface area contributed by atoms with Gasteiger partial charge in [0.05, 0.1) is 6.21 Å². The molecule has 2 rings (SSSR count). The van der Waals surface area contributed by atoms with E-state index in [1.54, 1.807) is 12.3 Å². The molecule has 0 spiro atoms. The predicted octanol–water partition coefficient (Wildman–Crippen LogP) is 3.22. The highest BCUT2D eigenvalue weighted by molar-refractivity contribution is 5.92. The van der Waals surface area contributed by atoms with Gasteiger partial charge in [-0.2, -0.15) is 5.10 Å². The molecule has 0 heterocycles. The Morgan fingerprint density at radius 1 is 1.00 bits per heavy atom. The molecule has 0 bridgehead atoms. The summed E-state index contributed by atoms with van der Waals surface area (Å²) in [4.78, 5) is 13.7. The fraction of sp³-hybridized carbons (Fsp3) is 0.158. The van der Waals surface area contributed by atoms with E-state index < -0.39 is 0 Å². The van der Waals surface area contributed by atoms with Crippen molar-refractivity contribution in [2.24, 2.45) is 5.10 Å². The lowest BCUT2D eigenvalue weighted by Gasteiger charge is -2.11. The van der Waals surface area contributed by atoms with Gasteiger partial charge in [-0.1, -0.05) is 42.0 Å². The molecule has 0 atom stereocenters. The molecular formula is C19H21N3O. The lowest BCUT2D eigenvalue weighted by atomic mass is 10.1. The quantitative estimate of drug-likeness (QED) is 0.524. The average Bonchev–Trinajstić information content (AvgIpc) is 2.55. The van der Waals surface area contributed by atoms with Crippen LogP contribution in [0.5, 0.6) is 0 Å². The highest BCUT2D eigenvalue weighted by atomic mass is 16.2. The van der Waals surface area contributed by atoms with Crippen molar-refractivity contribution in [3.05, 3.63) is 71.3 Å². The Balaban J connectivity index is 1.87. The van der Waals surface area contributed by atoms with Crippen molar-refractivity contribution in [3.63, 3.8) is 0 Å². The van der Waals surface area contributed by atoms with E-state index in [1.165, 1.54) is 11.6 Å². The van der Waals surface area contributed by atoms with E-state index in [0.717, 1.165) is 16.8 Å². The minimum atomic E-state index is -0.258. The number of amides is 1. The highest BCUT2D eigenvalue weighted by Crippen LogP contribution is 2.10. The zero-order chi connectivity index (χ0) is 16.7. The number of nitrogens with one attached hydrogen (secondary N) is 1. The first-order chi connectivity index (χ1) is 11.0. The zero-order valence-electron chi connectivity index (χ0n) is 13.7. The number of aryl methyl sites for hydroxylation is 1. The number of carbonyl (C=O) groups is 1. The van der Waals surface area contributed by atoms with Crippen LogP contribution in [-0.4, -0.2) is 26.2 Å². The summed E-state index contributed by atoms with van der Waals surface area (Å²) < 4.78 is 0. The molecular weight excluding hydrogens is 286 g/mol. The molecule has 0 aliphatic rings. The van der Waals surface area contributed by atoms with Gasteiger partial charge in [-0.25, -0.2) is 5.43 Å². The topological polar surface area (TPSA) is 44.7 Å². The van der Waals surface area contributed by atoms with Crippen LogP contribution in [0.2, 0.25) is 0 Å². The second kappa shape index (κ2) is 7.94. The van der Waals surface area contributed by atoms with E-state index in [4.69, 9.17) is 0 Å². The van der Waals surface area contributed by atoms with E-state index in [2.05, 4.69) is 10.5 Å². The van der Waals surface area contributed by atoms with Crippen LogP contribution in [0.1, 0.15) is 16.7 Å². The summed E-state index contributed by atoms with van der Waals surface area (Å²) in [5.41, 5.74) is 6.70. The molecule has 118 valence electrons. The fourth-order valence-corrected chi connectivity index (χ4v) is 1.92. The number of hydrazone groups is 1. The Kier molecular flexibility index (Phi) is 5.69. The van der Waals surface area contributed by atoms with Crippen molar-refractivity contribution in [2.75, 3.05) is 19.0 Å². The van der Waals surface area contributed by atoms with Crippen LogP contribution in [0.4, 0.5) is 5.69 Å². The molecule has 4 nitrogen and oxygen atoms in total. The number of hydrogen-bond donors (Lipinski definition) is 1. The first-order valence-corrected chi connectivity index (χ1v) is 7.40. The lowest BCUT2D eigenvalue weighted by molar-refractivity contribution is -0.116. The van der Waals surface area contributed by atoms with Crippen molar-refractivity contribution in [3.8, 4) is 0 Å². The van der Waals surface area contributed by atoms with Crippen LogP contribution in [-0.2, 0) is 4.79 Å². The van der Waals surface area contributed by atoms with Crippen molar-refractivity contribution in [2.45, 2.75) is 6.92 Å². The van der Waals surface area contributed by atoms with Gasteiger partial charge in [0, 0.05) is 25.9 Å². The molecule has 1 amide bonds. The van der Waals surface area contributed by atoms with E-state index in [9.17, 15) is 4.79 Å². The number of anilines is 1. The SMILES string of the molecule is Cc1ccc(/C=C/C(=O)N/N=C\c2ccc(N(C)C)cc2)cc1. The number of benzene rings is 2. The number of rotatable bonds is 5. The van der Waals surface area contributed by atoms with E-state index in [-0.39, 0.29) is 5.91 Å². The lowest BCUT2D eigenvalue weighted by Crippen LogP contribution is -2.14. The maximum absolute atomic E-state index is 11.7.